The van der Waals surface area contributed by atoms with Crippen LogP contribution in [0.5, 0.6) is 0 Å². The van der Waals surface area contributed by atoms with Crippen LogP contribution in [0.3, 0.4) is 0 Å². The van der Waals surface area contributed by atoms with E-state index >= 15 is 0 Å². The molecule has 0 aliphatic heterocycles. The second-order valence-electron chi connectivity index (χ2n) is 7.98. The highest BCUT2D eigenvalue weighted by molar-refractivity contribution is 7.99. The number of hydrogen-bond donors (Lipinski definition) is 1. The highest BCUT2D eigenvalue weighted by Gasteiger charge is 2.28. The standard InChI is InChI=1S/C23H29ClN2O2S/c1-17(22(28)25-23(2,3)4)26(16-18-9-8-10-19(24)15-18)21(27)13-14-29-20-11-6-5-7-12-20/h5-12,15,17H,13-14,16H2,1-4H3,(H,25,28)/t17-/m0/s1. The zero-order valence-corrected chi connectivity index (χ0v) is 19.0. The zero-order chi connectivity index (χ0) is 21.4. The molecule has 2 aromatic rings. The molecular weight excluding hydrogens is 404 g/mol. The number of rotatable bonds is 8. The molecule has 0 saturated carbocycles. The van der Waals surface area contributed by atoms with Gasteiger partial charge in [0, 0.05) is 34.2 Å². The van der Waals surface area contributed by atoms with Gasteiger partial charge in [0.2, 0.25) is 11.8 Å². The van der Waals surface area contributed by atoms with E-state index in [0.29, 0.717) is 23.7 Å². The van der Waals surface area contributed by atoms with E-state index in [0.717, 1.165) is 10.5 Å². The Balaban J connectivity index is 2.09. The van der Waals surface area contributed by atoms with Gasteiger partial charge in [-0.25, -0.2) is 0 Å². The van der Waals surface area contributed by atoms with Crippen molar-refractivity contribution >= 4 is 35.2 Å². The van der Waals surface area contributed by atoms with E-state index in [-0.39, 0.29) is 17.4 Å². The van der Waals surface area contributed by atoms with E-state index in [1.807, 2.05) is 69.3 Å². The molecule has 0 spiro atoms. The molecule has 4 nitrogen and oxygen atoms in total. The van der Waals surface area contributed by atoms with Gasteiger partial charge in [0.1, 0.15) is 6.04 Å². The lowest BCUT2D eigenvalue weighted by atomic mass is 10.1. The number of amides is 2. The summed E-state index contributed by atoms with van der Waals surface area (Å²) in [6.45, 7) is 7.90. The summed E-state index contributed by atoms with van der Waals surface area (Å²) in [6.07, 6.45) is 0.354. The number of nitrogens with one attached hydrogen (secondary N) is 1. The van der Waals surface area contributed by atoms with Gasteiger partial charge in [-0.2, -0.15) is 0 Å². The Morgan fingerprint density at radius 2 is 1.79 bits per heavy atom. The third-order valence-corrected chi connectivity index (χ3v) is 5.48. The molecule has 1 N–H and O–H groups in total. The van der Waals surface area contributed by atoms with Crippen molar-refractivity contribution in [2.24, 2.45) is 0 Å². The van der Waals surface area contributed by atoms with Crippen molar-refractivity contribution in [1.82, 2.24) is 10.2 Å². The van der Waals surface area contributed by atoms with E-state index in [2.05, 4.69) is 5.32 Å². The van der Waals surface area contributed by atoms with E-state index in [1.54, 1.807) is 29.7 Å². The SMILES string of the molecule is C[C@@H](C(=O)NC(C)(C)C)N(Cc1cccc(Cl)c1)C(=O)CCSc1ccccc1. The first-order valence-electron chi connectivity index (χ1n) is 9.69. The van der Waals surface area contributed by atoms with Crippen LogP contribution < -0.4 is 5.32 Å². The smallest absolute Gasteiger partial charge is 0.242 e. The maximum atomic E-state index is 13.0. The van der Waals surface area contributed by atoms with Crippen LogP contribution >= 0.6 is 23.4 Å². The lowest BCUT2D eigenvalue weighted by Crippen LogP contribution is -2.52. The summed E-state index contributed by atoms with van der Waals surface area (Å²) in [5.74, 6) is 0.441. The summed E-state index contributed by atoms with van der Waals surface area (Å²) in [6, 6.07) is 16.8. The Hall–Kier alpha value is -1.98. The molecule has 6 heteroatoms. The largest absolute Gasteiger partial charge is 0.350 e. The molecule has 0 aliphatic rings. The van der Waals surface area contributed by atoms with Gasteiger partial charge in [-0.3, -0.25) is 9.59 Å². The minimum absolute atomic E-state index is 0.0510. The molecule has 0 heterocycles. The minimum atomic E-state index is -0.581. The fraction of sp³-hybridized carbons (Fsp3) is 0.391. The number of nitrogens with zero attached hydrogens (tertiary/aromatic N) is 1. The average molecular weight is 433 g/mol. The first kappa shape index (κ1) is 23.3. The Labute approximate surface area is 183 Å². The van der Waals surface area contributed by atoms with Gasteiger partial charge in [0.15, 0.2) is 0 Å². The van der Waals surface area contributed by atoms with Gasteiger partial charge in [-0.1, -0.05) is 41.9 Å². The van der Waals surface area contributed by atoms with Gasteiger partial charge >= 0.3 is 0 Å². The Bertz CT molecular complexity index is 821. The Kier molecular flexibility index (Phi) is 8.60. The maximum absolute atomic E-state index is 13.0. The molecular formula is C23H29ClN2O2S. The maximum Gasteiger partial charge on any atom is 0.242 e. The van der Waals surface area contributed by atoms with Crippen molar-refractivity contribution in [2.45, 2.75) is 57.1 Å². The van der Waals surface area contributed by atoms with Crippen molar-refractivity contribution < 1.29 is 9.59 Å². The lowest BCUT2D eigenvalue weighted by molar-refractivity contribution is -0.140. The van der Waals surface area contributed by atoms with Crippen LogP contribution in [0.15, 0.2) is 59.5 Å². The molecule has 1 atom stereocenters. The van der Waals surface area contributed by atoms with Crippen LogP contribution in [0.25, 0.3) is 0 Å². The van der Waals surface area contributed by atoms with Crippen molar-refractivity contribution in [3.63, 3.8) is 0 Å². The molecule has 0 aromatic heterocycles. The average Bonchev–Trinajstić information content (AvgIpc) is 2.65. The molecule has 2 aromatic carbocycles. The van der Waals surface area contributed by atoms with Crippen LogP contribution in [0, 0.1) is 0 Å². The molecule has 0 aliphatic carbocycles. The van der Waals surface area contributed by atoms with Crippen molar-refractivity contribution in [2.75, 3.05) is 5.75 Å². The van der Waals surface area contributed by atoms with E-state index in [9.17, 15) is 9.59 Å². The number of hydrogen-bond acceptors (Lipinski definition) is 3. The highest BCUT2D eigenvalue weighted by atomic mass is 35.5. The topological polar surface area (TPSA) is 49.4 Å². The number of carbonyl (C=O) groups excluding carboxylic acids is 2. The van der Waals surface area contributed by atoms with Crippen molar-refractivity contribution in [3.05, 3.63) is 65.2 Å². The van der Waals surface area contributed by atoms with Crippen LogP contribution in [0.4, 0.5) is 0 Å². The first-order chi connectivity index (χ1) is 13.7. The van der Waals surface area contributed by atoms with Crippen LogP contribution in [-0.4, -0.2) is 34.0 Å². The monoisotopic (exact) mass is 432 g/mol. The molecule has 2 amide bonds. The third-order valence-electron chi connectivity index (χ3n) is 4.24. The number of benzene rings is 2. The van der Waals surface area contributed by atoms with Gasteiger partial charge in [-0.05, 0) is 57.5 Å². The number of carbonyl (C=O) groups is 2. The van der Waals surface area contributed by atoms with E-state index in [1.165, 1.54) is 0 Å². The van der Waals surface area contributed by atoms with Crippen LogP contribution in [0.1, 0.15) is 39.7 Å². The quantitative estimate of drug-likeness (QED) is 0.586. The summed E-state index contributed by atoms with van der Waals surface area (Å²) in [5.41, 5.74) is 0.538. The fourth-order valence-electron chi connectivity index (χ4n) is 2.81. The summed E-state index contributed by atoms with van der Waals surface area (Å²) in [7, 11) is 0. The van der Waals surface area contributed by atoms with Gasteiger partial charge in [0.25, 0.3) is 0 Å². The van der Waals surface area contributed by atoms with Crippen molar-refractivity contribution in [1.29, 1.82) is 0 Å². The van der Waals surface area contributed by atoms with E-state index < -0.39 is 6.04 Å². The summed E-state index contributed by atoms with van der Waals surface area (Å²) in [4.78, 5) is 28.5. The molecule has 0 bridgehead atoms. The molecule has 2 rings (SSSR count). The fourth-order valence-corrected chi connectivity index (χ4v) is 3.88. The van der Waals surface area contributed by atoms with Crippen molar-refractivity contribution in [3.8, 4) is 0 Å². The predicted octanol–water partition coefficient (Wildman–Crippen LogP) is 5.15. The molecule has 0 fully saturated rings. The minimum Gasteiger partial charge on any atom is -0.350 e. The highest BCUT2D eigenvalue weighted by Crippen LogP contribution is 2.20. The van der Waals surface area contributed by atoms with Gasteiger partial charge in [0.05, 0.1) is 0 Å². The second kappa shape index (κ2) is 10.7. The second-order valence-corrected chi connectivity index (χ2v) is 9.58. The van der Waals surface area contributed by atoms with E-state index in [4.69, 9.17) is 11.6 Å². The first-order valence-corrected chi connectivity index (χ1v) is 11.1. The number of halogens is 1. The molecule has 0 unspecified atom stereocenters. The molecule has 0 radical (unpaired) electrons. The zero-order valence-electron chi connectivity index (χ0n) is 17.4. The Morgan fingerprint density at radius 1 is 1.10 bits per heavy atom. The van der Waals surface area contributed by atoms with Crippen LogP contribution in [0.2, 0.25) is 5.02 Å². The lowest BCUT2D eigenvalue weighted by Gasteiger charge is -2.31. The third kappa shape index (κ3) is 8.11. The predicted molar refractivity (Wildman–Crippen MR) is 121 cm³/mol. The summed E-state index contributed by atoms with van der Waals surface area (Å²) in [5, 5.41) is 3.58. The van der Waals surface area contributed by atoms with Gasteiger partial charge in [-0.15, -0.1) is 11.8 Å². The molecule has 29 heavy (non-hydrogen) atoms. The molecule has 0 saturated heterocycles. The van der Waals surface area contributed by atoms with Crippen LogP contribution in [-0.2, 0) is 16.1 Å². The normalized spacial score (nSPS) is 12.3. The summed E-state index contributed by atoms with van der Waals surface area (Å²) >= 11 is 7.74. The number of thioether (sulfide) groups is 1. The summed E-state index contributed by atoms with van der Waals surface area (Å²) < 4.78 is 0. The Morgan fingerprint density at radius 3 is 2.41 bits per heavy atom. The molecule has 156 valence electrons. The van der Waals surface area contributed by atoms with Gasteiger partial charge < -0.3 is 10.2 Å².